The second kappa shape index (κ2) is 13.0. The van der Waals surface area contributed by atoms with Gasteiger partial charge in [-0.3, -0.25) is 4.99 Å². The Morgan fingerprint density at radius 2 is 1.65 bits per heavy atom. The lowest BCUT2D eigenvalue weighted by atomic mass is 9.69. The van der Waals surface area contributed by atoms with E-state index in [-0.39, 0.29) is 36.5 Å². The summed E-state index contributed by atoms with van der Waals surface area (Å²) in [7, 11) is 5.55. The number of methoxy groups -OCH3 is 2. The van der Waals surface area contributed by atoms with Gasteiger partial charge in [0.1, 0.15) is 5.84 Å². The van der Waals surface area contributed by atoms with Crippen LogP contribution < -0.4 is 5.73 Å². The summed E-state index contributed by atoms with van der Waals surface area (Å²) in [6, 6.07) is 21.1. The highest BCUT2D eigenvalue weighted by Gasteiger charge is 2.43. The molecule has 0 amide bonds. The van der Waals surface area contributed by atoms with Crippen molar-refractivity contribution in [3.8, 4) is 0 Å². The quantitative estimate of drug-likeness (QED) is 0.354. The van der Waals surface area contributed by atoms with Crippen LogP contribution in [0.2, 0.25) is 0 Å². The molecule has 1 heterocycles. The topological polar surface area (TPSA) is 60.1 Å². The van der Waals surface area contributed by atoms with Gasteiger partial charge in [0.15, 0.2) is 6.29 Å². The van der Waals surface area contributed by atoms with E-state index in [9.17, 15) is 0 Å². The Morgan fingerprint density at radius 1 is 1.06 bits per heavy atom. The second-order valence-electron chi connectivity index (χ2n) is 7.86. The van der Waals surface area contributed by atoms with Gasteiger partial charge in [-0.25, -0.2) is 0 Å². The largest absolute Gasteiger partial charge is 0.387 e. The monoisotopic (exact) mass is 467 g/mol. The van der Waals surface area contributed by atoms with Crippen molar-refractivity contribution in [2.75, 3.05) is 27.8 Å². The Morgan fingerprint density at radius 3 is 2.23 bits per heavy atom. The van der Waals surface area contributed by atoms with E-state index < -0.39 is 0 Å². The second-order valence-corrected chi connectivity index (χ2v) is 7.86. The van der Waals surface area contributed by atoms with Gasteiger partial charge >= 0.3 is 0 Å². The number of hydrogen-bond donors (Lipinski definition) is 1. The Balaban J connectivity index is 0.00000240. The Hall–Kier alpha value is -1.63. The van der Waals surface area contributed by atoms with Gasteiger partial charge in [0.25, 0.3) is 0 Å². The lowest BCUT2D eigenvalue weighted by Crippen LogP contribution is -2.54. The number of hydrogen-bond acceptors (Lipinski definition) is 4. The number of halogens is 2. The van der Waals surface area contributed by atoms with Crippen molar-refractivity contribution in [1.29, 1.82) is 0 Å². The fourth-order valence-electron chi connectivity index (χ4n) is 4.30. The third-order valence-electron chi connectivity index (χ3n) is 6.18. The molecule has 0 aliphatic carbocycles. The Labute approximate surface area is 198 Å². The van der Waals surface area contributed by atoms with Crippen LogP contribution in [0, 0.1) is 0 Å². The maximum atomic E-state index is 6.74. The number of likely N-dealkylation sites (tertiary alicyclic amines) is 1. The summed E-state index contributed by atoms with van der Waals surface area (Å²) >= 11 is 0. The van der Waals surface area contributed by atoms with Gasteiger partial charge in [0.2, 0.25) is 0 Å². The van der Waals surface area contributed by atoms with E-state index in [0.717, 1.165) is 31.6 Å². The molecule has 1 aliphatic rings. The maximum Gasteiger partial charge on any atom is 0.158 e. The van der Waals surface area contributed by atoms with E-state index in [0.29, 0.717) is 12.6 Å². The molecular formula is C24H35Cl2N3O2. The van der Waals surface area contributed by atoms with Crippen molar-refractivity contribution in [3.63, 3.8) is 0 Å². The normalized spacial score (nSPS) is 21.9. The van der Waals surface area contributed by atoms with Gasteiger partial charge < -0.3 is 20.1 Å². The van der Waals surface area contributed by atoms with Crippen molar-refractivity contribution < 1.29 is 9.47 Å². The molecule has 0 saturated carbocycles. The molecular weight excluding hydrogens is 433 g/mol. The molecule has 5 nitrogen and oxygen atoms in total. The molecule has 0 aromatic heterocycles. The zero-order valence-corrected chi connectivity index (χ0v) is 20.2. The van der Waals surface area contributed by atoms with Gasteiger partial charge in [-0.2, -0.15) is 0 Å². The van der Waals surface area contributed by atoms with Crippen LogP contribution in [0.1, 0.15) is 30.4 Å². The molecule has 1 aliphatic heterocycles. The van der Waals surface area contributed by atoms with Gasteiger partial charge in [0.05, 0.1) is 12.0 Å². The number of ether oxygens (including phenoxy) is 2. The predicted octanol–water partition coefficient (Wildman–Crippen LogP) is 4.43. The molecule has 1 fully saturated rings. The third kappa shape index (κ3) is 6.67. The van der Waals surface area contributed by atoms with Gasteiger partial charge in [-0.15, -0.1) is 24.8 Å². The first-order chi connectivity index (χ1) is 14.1. The Kier molecular flexibility index (Phi) is 11.5. The molecule has 7 heteroatoms. The molecule has 2 atom stereocenters. The summed E-state index contributed by atoms with van der Waals surface area (Å²) in [6.07, 6.45) is 2.40. The zero-order valence-electron chi connectivity index (χ0n) is 18.6. The highest BCUT2D eigenvalue weighted by Crippen LogP contribution is 2.39. The van der Waals surface area contributed by atoms with Gasteiger partial charge in [-0.1, -0.05) is 60.7 Å². The number of nitrogens with zero attached hydrogens (tertiary/aromatic N) is 2. The van der Waals surface area contributed by atoms with E-state index in [1.807, 2.05) is 24.3 Å². The molecule has 0 spiro atoms. The molecule has 31 heavy (non-hydrogen) atoms. The summed E-state index contributed by atoms with van der Waals surface area (Å²) in [6.45, 7) is 1.54. The fourth-order valence-corrected chi connectivity index (χ4v) is 4.30. The average molecular weight is 468 g/mol. The number of nitrogens with two attached hydrogens (primary N) is 1. The van der Waals surface area contributed by atoms with Crippen LogP contribution in [0.25, 0.3) is 0 Å². The van der Waals surface area contributed by atoms with E-state index in [1.54, 1.807) is 14.2 Å². The van der Waals surface area contributed by atoms with Crippen molar-refractivity contribution in [3.05, 3.63) is 71.8 Å². The molecule has 0 radical (unpaired) electrons. The van der Waals surface area contributed by atoms with Crippen molar-refractivity contribution >= 4 is 30.6 Å². The third-order valence-corrected chi connectivity index (χ3v) is 6.18. The van der Waals surface area contributed by atoms with Crippen LogP contribution in [0.5, 0.6) is 0 Å². The number of amidine groups is 1. The lowest BCUT2D eigenvalue weighted by molar-refractivity contribution is -0.119. The van der Waals surface area contributed by atoms with Crippen molar-refractivity contribution in [2.24, 2.45) is 10.7 Å². The van der Waals surface area contributed by atoms with E-state index in [4.69, 9.17) is 20.2 Å². The highest BCUT2D eigenvalue weighted by atomic mass is 35.5. The lowest BCUT2D eigenvalue weighted by Gasteiger charge is -2.46. The smallest absolute Gasteiger partial charge is 0.158 e. The summed E-state index contributed by atoms with van der Waals surface area (Å²) in [5.74, 6) is 0.719. The standard InChI is InChI=1S/C24H33N3O2.2ClH/c1-27-15-14-24(20-12-8-5-9-13-20,17-21(27)16-22(28-2)29-3)23(25)26-18-19-10-6-4-7-11-19;;/h4-13,21-22H,14-18H2,1-3H3,(H2,25,26);2*1H. The first kappa shape index (κ1) is 27.4. The minimum absolute atomic E-state index is 0. The van der Waals surface area contributed by atoms with Crippen LogP contribution in [0.3, 0.4) is 0 Å². The summed E-state index contributed by atoms with van der Waals surface area (Å²) in [5.41, 5.74) is 8.86. The summed E-state index contributed by atoms with van der Waals surface area (Å²) < 4.78 is 11.0. The van der Waals surface area contributed by atoms with Gasteiger partial charge in [-0.05, 0) is 37.6 Å². The van der Waals surface area contributed by atoms with Crippen molar-refractivity contribution in [2.45, 2.75) is 43.6 Å². The fraction of sp³-hybridized carbons (Fsp3) is 0.458. The number of piperidine rings is 1. The first-order valence-corrected chi connectivity index (χ1v) is 10.2. The van der Waals surface area contributed by atoms with Gasteiger partial charge in [0, 0.05) is 26.7 Å². The van der Waals surface area contributed by atoms with E-state index in [2.05, 4.69) is 48.3 Å². The number of benzene rings is 2. The molecule has 2 unspecified atom stereocenters. The highest BCUT2D eigenvalue weighted by molar-refractivity contribution is 5.92. The molecule has 0 bridgehead atoms. The van der Waals surface area contributed by atoms with E-state index >= 15 is 0 Å². The summed E-state index contributed by atoms with van der Waals surface area (Å²) in [4.78, 5) is 7.24. The predicted molar refractivity (Wildman–Crippen MR) is 132 cm³/mol. The molecule has 2 aromatic rings. The van der Waals surface area contributed by atoms with Crippen molar-refractivity contribution in [1.82, 2.24) is 4.90 Å². The number of aliphatic imine (C=N–C) groups is 1. The molecule has 172 valence electrons. The van der Waals surface area contributed by atoms with Crippen LogP contribution in [0.15, 0.2) is 65.7 Å². The zero-order chi connectivity index (χ0) is 20.7. The Bertz CT molecular complexity index is 788. The maximum absolute atomic E-state index is 6.74. The molecule has 2 N–H and O–H groups in total. The molecule has 3 rings (SSSR count). The van der Waals surface area contributed by atoms with Crippen LogP contribution in [-0.2, 0) is 21.4 Å². The minimum Gasteiger partial charge on any atom is -0.387 e. The van der Waals surface area contributed by atoms with Crippen LogP contribution in [0.4, 0.5) is 0 Å². The molecule has 1 saturated heterocycles. The minimum atomic E-state index is -0.279. The summed E-state index contributed by atoms with van der Waals surface area (Å²) in [5, 5.41) is 0. The van der Waals surface area contributed by atoms with E-state index in [1.165, 1.54) is 11.1 Å². The number of rotatable bonds is 8. The average Bonchev–Trinajstić information content (AvgIpc) is 2.78. The first-order valence-electron chi connectivity index (χ1n) is 10.2. The van der Waals surface area contributed by atoms with Crippen LogP contribution >= 0.6 is 24.8 Å². The SMILES string of the molecule is COC(CC1CC(C(N)=NCc2ccccc2)(c2ccccc2)CCN1C)OC.Cl.Cl. The van der Waals surface area contributed by atoms with Crippen LogP contribution in [-0.4, -0.2) is 50.9 Å². The molecule has 2 aromatic carbocycles.